The molecule has 3 rings (SSSR count). The van der Waals surface area contributed by atoms with Gasteiger partial charge in [-0.25, -0.2) is 0 Å². The zero-order chi connectivity index (χ0) is 13.9. The number of hydrogen-bond donors (Lipinski definition) is 0. The Morgan fingerprint density at radius 2 is 2.15 bits per heavy atom. The van der Waals surface area contributed by atoms with Crippen molar-refractivity contribution in [3.05, 3.63) is 34.3 Å². The van der Waals surface area contributed by atoms with Crippen LogP contribution >= 0.6 is 11.3 Å². The van der Waals surface area contributed by atoms with Crippen molar-refractivity contribution >= 4 is 17.2 Å². The smallest absolute Gasteiger partial charge is 0.276 e. The van der Waals surface area contributed by atoms with Gasteiger partial charge >= 0.3 is 0 Å². The first-order valence-corrected chi connectivity index (χ1v) is 7.56. The van der Waals surface area contributed by atoms with E-state index in [1.165, 1.54) is 5.56 Å². The zero-order valence-corrected chi connectivity index (χ0v) is 12.2. The molecule has 1 saturated heterocycles. The van der Waals surface area contributed by atoms with E-state index in [1.807, 2.05) is 4.90 Å². The summed E-state index contributed by atoms with van der Waals surface area (Å²) in [7, 11) is 1.77. The molecule has 0 atom stereocenters. The van der Waals surface area contributed by atoms with Gasteiger partial charge in [0.05, 0.1) is 6.20 Å². The Hall–Kier alpha value is -1.73. The highest BCUT2D eigenvalue weighted by Gasteiger charge is 2.23. The molecule has 1 aliphatic rings. The molecule has 0 spiro atoms. The lowest BCUT2D eigenvalue weighted by Gasteiger charge is -2.34. The van der Waals surface area contributed by atoms with Gasteiger partial charge in [0, 0.05) is 39.8 Å². The monoisotopic (exact) mass is 291 g/mol. The van der Waals surface area contributed by atoms with Crippen LogP contribution in [0.1, 0.15) is 16.1 Å². The molecule has 106 valence electrons. The van der Waals surface area contributed by atoms with Crippen LogP contribution in [0.4, 0.5) is 0 Å². The fraction of sp³-hybridized carbons (Fsp3) is 0.462. The van der Waals surface area contributed by atoms with Crippen LogP contribution in [0, 0.1) is 0 Å². The number of aromatic nitrogens is 3. The van der Waals surface area contributed by atoms with Gasteiger partial charge < -0.3 is 4.90 Å². The quantitative estimate of drug-likeness (QED) is 0.841. The molecule has 2 aromatic rings. The largest absolute Gasteiger partial charge is 0.335 e. The first-order chi connectivity index (χ1) is 9.72. The topological polar surface area (TPSA) is 54.3 Å². The molecule has 6 nitrogen and oxygen atoms in total. The number of piperazine rings is 1. The Morgan fingerprint density at radius 3 is 2.75 bits per heavy atom. The van der Waals surface area contributed by atoms with Crippen molar-refractivity contribution < 1.29 is 4.79 Å². The van der Waals surface area contributed by atoms with Crippen LogP contribution in [-0.4, -0.2) is 56.9 Å². The van der Waals surface area contributed by atoms with Gasteiger partial charge in [-0.05, 0) is 22.4 Å². The van der Waals surface area contributed by atoms with E-state index in [0.29, 0.717) is 5.69 Å². The number of aryl methyl sites for hydroxylation is 1. The minimum absolute atomic E-state index is 0.0201. The molecule has 0 bridgehead atoms. The lowest BCUT2D eigenvalue weighted by atomic mass is 10.2. The van der Waals surface area contributed by atoms with Gasteiger partial charge in [0.1, 0.15) is 0 Å². The number of hydrogen-bond acceptors (Lipinski definition) is 5. The molecule has 0 aliphatic carbocycles. The Bertz CT molecular complexity index is 571. The summed E-state index contributed by atoms with van der Waals surface area (Å²) in [6.07, 6.45) is 1.67. The van der Waals surface area contributed by atoms with Crippen LogP contribution in [0.5, 0.6) is 0 Å². The van der Waals surface area contributed by atoms with Crippen LogP contribution in [0.25, 0.3) is 0 Å². The van der Waals surface area contributed by atoms with Gasteiger partial charge in [0.15, 0.2) is 5.69 Å². The number of thiophene rings is 1. The average molecular weight is 291 g/mol. The van der Waals surface area contributed by atoms with Crippen LogP contribution in [0.3, 0.4) is 0 Å². The number of amides is 1. The molecular weight excluding hydrogens is 274 g/mol. The second-order valence-electron chi connectivity index (χ2n) is 4.98. The molecule has 0 N–H and O–H groups in total. The van der Waals surface area contributed by atoms with Gasteiger partial charge in [-0.1, -0.05) is 5.21 Å². The first-order valence-electron chi connectivity index (χ1n) is 6.61. The molecule has 1 fully saturated rings. The highest BCUT2D eigenvalue weighted by Crippen LogP contribution is 2.12. The van der Waals surface area contributed by atoms with Crippen molar-refractivity contribution in [2.75, 3.05) is 26.2 Å². The predicted octanol–water partition coefficient (Wildman–Crippen LogP) is 0.835. The zero-order valence-electron chi connectivity index (χ0n) is 11.4. The normalized spacial score (nSPS) is 16.6. The minimum Gasteiger partial charge on any atom is -0.335 e. The SMILES string of the molecule is Cn1cc(C(=O)N2CCN(Cc3ccsc3)CC2)nn1. The first kappa shape index (κ1) is 13.3. The van der Waals surface area contributed by atoms with Crippen molar-refractivity contribution in [3.63, 3.8) is 0 Å². The van der Waals surface area contributed by atoms with Crippen LogP contribution < -0.4 is 0 Å². The van der Waals surface area contributed by atoms with E-state index in [-0.39, 0.29) is 5.91 Å². The van der Waals surface area contributed by atoms with Crippen LogP contribution in [-0.2, 0) is 13.6 Å². The molecule has 0 aromatic carbocycles. The van der Waals surface area contributed by atoms with E-state index in [0.717, 1.165) is 32.7 Å². The van der Waals surface area contributed by atoms with E-state index in [1.54, 1.807) is 29.3 Å². The lowest BCUT2D eigenvalue weighted by Crippen LogP contribution is -2.48. The average Bonchev–Trinajstić information content (AvgIpc) is 3.10. The summed E-state index contributed by atoms with van der Waals surface area (Å²) in [6.45, 7) is 4.28. The number of nitrogens with zero attached hydrogens (tertiary/aromatic N) is 5. The Kier molecular flexibility index (Phi) is 3.79. The summed E-state index contributed by atoms with van der Waals surface area (Å²) in [4.78, 5) is 16.5. The summed E-state index contributed by atoms with van der Waals surface area (Å²) in [5, 5.41) is 12.0. The third-order valence-corrected chi connectivity index (χ3v) is 4.20. The molecule has 1 aliphatic heterocycles. The molecule has 2 aromatic heterocycles. The van der Waals surface area contributed by atoms with E-state index < -0.39 is 0 Å². The van der Waals surface area contributed by atoms with Crippen molar-refractivity contribution in [2.45, 2.75) is 6.54 Å². The molecular formula is C13H17N5OS. The molecule has 1 amide bonds. The van der Waals surface area contributed by atoms with Crippen molar-refractivity contribution in [3.8, 4) is 0 Å². The summed E-state index contributed by atoms with van der Waals surface area (Å²) >= 11 is 1.72. The Morgan fingerprint density at radius 1 is 1.35 bits per heavy atom. The highest BCUT2D eigenvalue weighted by atomic mass is 32.1. The third kappa shape index (κ3) is 2.88. The van der Waals surface area contributed by atoms with Crippen LogP contribution in [0.15, 0.2) is 23.0 Å². The fourth-order valence-corrected chi connectivity index (χ4v) is 3.02. The summed E-state index contributed by atoms with van der Waals surface area (Å²) in [5.74, 6) is -0.0201. The maximum absolute atomic E-state index is 12.2. The summed E-state index contributed by atoms with van der Waals surface area (Å²) in [5.41, 5.74) is 1.78. The van der Waals surface area contributed by atoms with E-state index in [9.17, 15) is 4.79 Å². The van der Waals surface area contributed by atoms with Gasteiger partial charge in [-0.3, -0.25) is 14.4 Å². The van der Waals surface area contributed by atoms with E-state index in [2.05, 4.69) is 32.0 Å². The Balaban J connectivity index is 1.54. The van der Waals surface area contributed by atoms with Crippen molar-refractivity contribution in [1.82, 2.24) is 24.8 Å². The summed E-state index contributed by atoms with van der Waals surface area (Å²) < 4.78 is 1.56. The molecule has 20 heavy (non-hydrogen) atoms. The number of rotatable bonds is 3. The van der Waals surface area contributed by atoms with Gasteiger partial charge in [-0.15, -0.1) is 5.10 Å². The van der Waals surface area contributed by atoms with Gasteiger partial charge in [0.25, 0.3) is 5.91 Å². The van der Waals surface area contributed by atoms with Crippen molar-refractivity contribution in [2.24, 2.45) is 7.05 Å². The number of carbonyl (C=O) groups excluding carboxylic acids is 1. The molecule has 3 heterocycles. The maximum Gasteiger partial charge on any atom is 0.276 e. The van der Waals surface area contributed by atoms with Crippen LogP contribution in [0.2, 0.25) is 0 Å². The molecule has 0 radical (unpaired) electrons. The van der Waals surface area contributed by atoms with E-state index in [4.69, 9.17) is 0 Å². The summed E-state index contributed by atoms with van der Waals surface area (Å²) in [6, 6.07) is 2.15. The highest BCUT2D eigenvalue weighted by molar-refractivity contribution is 7.07. The van der Waals surface area contributed by atoms with E-state index >= 15 is 0 Å². The third-order valence-electron chi connectivity index (χ3n) is 3.47. The lowest BCUT2D eigenvalue weighted by molar-refractivity contribution is 0.0623. The standard InChI is InChI=1S/C13H17N5OS/c1-16-9-12(14-15-16)13(19)18-5-3-17(4-6-18)8-11-2-7-20-10-11/h2,7,9-10H,3-6,8H2,1H3. The van der Waals surface area contributed by atoms with Crippen molar-refractivity contribution in [1.29, 1.82) is 0 Å². The molecule has 0 unspecified atom stereocenters. The second-order valence-corrected chi connectivity index (χ2v) is 5.76. The van der Waals surface area contributed by atoms with Gasteiger partial charge in [0.2, 0.25) is 0 Å². The molecule has 0 saturated carbocycles. The number of carbonyl (C=O) groups is 1. The molecule has 7 heteroatoms. The Labute approximate surface area is 121 Å². The predicted molar refractivity (Wildman–Crippen MR) is 76.5 cm³/mol. The fourth-order valence-electron chi connectivity index (χ4n) is 2.36. The maximum atomic E-state index is 12.2. The van der Waals surface area contributed by atoms with Gasteiger partial charge in [-0.2, -0.15) is 11.3 Å². The second kappa shape index (κ2) is 5.72. The minimum atomic E-state index is -0.0201.